The second kappa shape index (κ2) is 7.96. The van der Waals surface area contributed by atoms with Crippen LogP contribution in [-0.4, -0.2) is 47.4 Å². The van der Waals surface area contributed by atoms with Crippen LogP contribution in [0.4, 0.5) is 10.5 Å². The van der Waals surface area contributed by atoms with Crippen molar-refractivity contribution >= 4 is 41.1 Å². The summed E-state index contributed by atoms with van der Waals surface area (Å²) in [5, 5.41) is 5.77. The highest BCUT2D eigenvalue weighted by Gasteiger charge is 2.52. The third kappa shape index (κ3) is 4.39. The number of carbonyl (C=O) groups is 4. The van der Waals surface area contributed by atoms with Gasteiger partial charge in [0.2, 0.25) is 0 Å². The number of benzene rings is 1. The van der Waals surface area contributed by atoms with E-state index in [1.807, 2.05) is 0 Å². The van der Waals surface area contributed by atoms with Crippen LogP contribution in [0.1, 0.15) is 32.1 Å². The predicted molar refractivity (Wildman–Crippen MR) is 97.1 cm³/mol. The van der Waals surface area contributed by atoms with Crippen LogP contribution >= 0.6 is 11.6 Å². The molecule has 0 atom stereocenters. The average Bonchev–Trinajstić information content (AvgIpc) is 3.17. The highest BCUT2D eigenvalue weighted by atomic mass is 35.5. The topological polar surface area (TPSA) is 105 Å². The number of rotatable bonds is 6. The second-order valence-electron chi connectivity index (χ2n) is 6.65. The Balaban J connectivity index is 1.42. The molecular weight excluding hydrogens is 374 g/mol. The quantitative estimate of drug-likeness (QED) is 0.568. The Morgan fingerprint density at radius 3 is 2.70 bits per heavy atom. The van der Waals surface area contributed by atoms with Gasteiger partial charge >= 0.3 is 12.0 Å². The minimum Gasteiger partial charge on any atom is -0.456 e. The number of nitrogens with one attached hydrogen (secondary N) is 2. The number of urea groups is 1. The summed E-state index contributed by atoms with van der Waals surface area (Å²) >= 11 is 5.83. The number of nitrogens with zero attached hydrogens (tertiary/aromatic N) is 1. The minimum atomic E-state index is -0.794. The van der Waals surface area contributed by atoms with E-state index in [0.29, 0.717) is 23.6 Å². The van der Waals surface area contributed by atoms with Gasteiger partial charge in [-0.25, -0.2) is 4.79 Å². The van der Waals surface area contributed by atoms with Crippen LogP contribution in [0.25, 0.3) is 0 Å². The molecule has 1 saturated heterocycles. The third-order valence-corrected chi connectivity index (χ3v) is 4.95. The molecule has 0 radical (unpaired) electrons. The molecule has 3 rings (SSSR count). The molecule has 0 aromatic heterocycles. The zero-order valence-corrected chi connectivity index (χ0v) is 15.4. The molecule has 9 heteroatoms. The Bertz CT molecular complexity index is 776. The highest BCUT2D eigenvalue weighted by molar-refractivity contribution is 6.30. The standard InChI is InChI=1S/C18H20ClN3O5/c19-12-4-3-5-13(10-12)20-14(23)11-27-15(24)6-9-22-16(25)18(21-17(22)26)7-1-2-8-18/h3-5,10H,1-2,6-9,11H2,(H,20,23)(H,21,26). The zero-order valence-electron chi connectivity index (χ0n) is 14.6. The molecule has 1 aliphatic heterocycles. The summed E-state index contributed by atoms with van der Waals surface area (Å²) in [6.07, 6.45) is 2.87. The van der Waals surface area contributed by atoms with Gasteiger partial charge in [0.15, 0.2) is 6.61 Å². The maximum Gasteiger partial charge on any atom is 0.325 e. The fourth-order valence-electron chi connectivity index (χ4n) is 3.38. The van der Waals surface area contributed by atoms with Crippen LogP contribution in [0, 0.1) is 0 Å². The molecule has 1 spiro atoms. The molecule has 1 saturated carbocycles. The fraction of sp³-hybridized carbons (Fsp3) is 0.444. The van der Waals surface area contributed by atoms with E-state index in [9.17, 15) is 19.2 Å². The van der Waals surface area contributed by atoms with Crippen molar-refractivity contribution in [1.29, 1.82) is 0 Å². The largest absolute Gasteiger partial charge is 0.456 e. The van der Waals surface area contributed by atoms with E-state index >= 15 is 0 Å². The monoisotopic (exact) mass is 393 g/mol. The van der Waals surface area contributed by atoms with Gasteiger partial charge in [-0.15, -0.1) is 0 Å². The van der Waals surface area contributed by atoms with Crippen LogP contribution in [-0.2, 0) is 19.1 Å². The molecule has 0 bridgehead atoms. The third-order valence-electron chi connectivity index (χ3n) is 4.72. The second-order valence-corrected chi connectivity index (χ2v) is 7.08. The van der Waals surface area contributed by atoms with E-state index in [1.54, 1.807) is 24.3 Å². The number of esters is 1. The van der Waals surface area contributed by atoms with Gasteiger partial charge < -0.3 is 15.4 Å². The maximum atomic E-state index is 12.5. The molecule has 1 aliphatic carbocycles. The molecule has 1 heterocycles. The number of imide groups is 1. The van der Waals surface area contributed by atoms with Crippen LogP contribution in [0.15, 0.2) is 24.3 Å². The van der Waals surface area contributed by atoms with Crippen molar-refractivity contribution in [3.8, 4) is 0 Å². The zero-order chi connectivity index (χ0) is 19.4. The van der Waals surface area contributed by atoms with Crippen LogP contribution in [0.5, 0.6) is 0 Å². The Kier molecular flexibility index (Phi) is 5.65. The summed E-state index contributed by atoms with van der Waals surface area (Å²) in [5.74, 6) is -1.45. The molecule has 27 heavy (non-hydrogen) atoms. The number of anilines is 1. The fourth-order valence-corrected chi connectivity index (χ4v) is 3.57. The van der Waals surface area contributed by atoms with Crippen molar-refractivity contribution in [2.24, 2.45) is 0 Å². The first-order valence-electron chi connectivity index (χ1n) is 8.75. The van der Waals surface area contributed by atoms with Gasteiger partial charge in [-0.1, -0.05) is 30.5 Å². The van der Waals surface area contributed by atoms with Gasteiger partial charge in [-0.2, -0.15) is 0 Å². The summed E-state index contributed by atoms with van der Waals surface area (Å²) in [6, 6.07) is 6.09. The molecule has 1 aromatic rings. The molecular formula is C18H20ClN3O5. The van der Waals surface area contributed by atoms with Crippen LogP contribution in [0.3, 0.4) is 0 Å². The van der Waals surface area contributed by atoms with Crippen LogP contribution in [0.2, 0.25) is 5.02 Å². The molecule has 1 aromatic carbocycles. The maximum absolute atomic E-state index is 12.5. The van der Waals surface area contributed by atoms with E-state index in [2.05, 4.69) is 10.6 Å². The van der Waals surface area contributed by atoms with E-state index in [4.69, 9.17) is 16.3 Å². The van der Waals surface area contributed by atoms with Gasteiger partial charge in [-0.3, -0.25) is 19.3 Å². The Morgan fingerprint density at radius 2 is 2.00 bits per heavy atom. The van der Waals surface area contributed by atoms with Gasteiger partial charge in [0.05, 0.1) is 6.42 Å². The first kappa shape index (κ1) is 19.2. The summed E-state index contributed by atoms with van der Waals surface area (Å²) in [4.78, 5) is 49.2. The highest BCUT2D eigenvalue weighted by Crippen LogP contribution is 2.35. The molecule has 8 nitrogen and oxygen atoms in total. The van der Waals surface area contributed by atoms with E-state index in [0.717, 1.165) is 17.7 Å². The van der Waals surface area contributed by atoms with Crippen molar-refractivity contribution in [2.75, 3.05) is 18.5 Å². The molecule has 2 N–H and O–H groups in total. The lowest BCUT2D eigenvalue weighted by atomic mass is 9.98. The van der Waals surface area contributed by atoms with Crippen molar-refractivity contribution < 1.29 is 23.9 Å². The Labute approximate surface area is 161 Å². The number of hydrogen-bond donors (Lipinski definition) is 2. The molecule has 0 unspecified atom stereocenters. The van der Waals surface area contributed by atoms with Crippen molar-refractivity contribution in [3.63, 3.8) is 0 Å². The van der Waals surface area contributed by atoms with Crippen LogP contribution < -0.4 is 10.6 Å². The smallest absolute Gasteiger partial charge is 0.325 e. The average molecular weight is 394 g/mol. The van der Waals surface area contributed by atoms with E-state index in [-0.39, 0.29) is 18.9 Å². The Morgan fingerprint density at radius 1 is 1.26 bits per heavy atom. The first-order chi connectivity index (χ1) is 12.9. The number of halogens is 1. The number of ether oxygens (including phenoxy) is 1. The molecule has 2 fully saturated rings. The lowest BCUT2D eigenvalue weighted by molar-refractivity contribution is -0.147. The predicted octanol–water partition coefficient (Wildman–Crippen LogP) is 2.08. The molecule has 2 aliphatic rings. The van der Waals surface area contributed by atoms with Gasteiger partial charge in [0.1, 0.15) is 5.54 Å². The van der Waals surface area contributed by atoms with Gasteiger partial charge in [-0.05, 0) is 31.0 Å². The number of carbonyl (C=O) groups excluding carboxylic acids is 4. The number of amides is 4. The van der Waals surface area contributed by atoms with E-state index < -0.39 is 30.1 Å². The molecule has 4 amide bonds. The minimum absolute atomic E-state index is 0.0683. The summed E-state index contributed by atoms with van der Waals surface area (Å²) in [7, 11) is 0. The lowest BCUT2D eigenvalue weighted by Crippen LogP contribution is -2.44. The van der Waals surface area contributed by atoms with Gasteiger partial charge in [0, 0.05) is 17.3 Å². The first-order valence-corrected chi connectivity index (χ1v) is 9.13. The summed E-state index contributed by atoms with van der Waals surface area (Å²) < 4.78 is 4.90. The summed E-state index contributed by atoms with van der Waals surface area (Å²) in [5.41, 5.74) is -0.303. The van der Waals surface area contributed by atoms with Crippen molar-refractivity contribution in [1.82, 2.24) is 10.2 Å². The number of hydrogen-bond acceptors (Lipinski definition) is 5. The lowest BCUT2D eigenvalue weighted by Gasteiger charge is -2.19. The van der Waals surface area contributed by atoms with Crippen molar-refractivity contribution in [2.45, 2.75) is 37.6 Å². The van der Waals surface area contributed by atoms with Crippen molar-refractivity contribution in [3.05, 3.63) is 29.3 Å². The normalized spacial score (nSPS) is 17.9. The molecule has 144 valence electrons. The van der Waals surface area contributed by atoms with E-state index in [1.165, 1.54) is 0 Å². The summed E-state index contributed by atoms with van der Waals surface area (Å²) in [6.45, 7) is -0.531. The SMILES string of the molecule is O=C(COC(=O)CCN1C(=O)NC2(CCCC2)C1=O)Nc1cccc(Cl)c1. The Hall–Kier alpha value is -2.61. The van der Waals surface area contributed by atoms with Gasteiger partial charge in [0.25, 0.3) is 11.8 Å².